The van der Waals surface area contributed by atoms with Gasteiger partial charge < -0.3 is 20.1 Å². The topological polar surface area (TPSA) is 61.8 Å². The third-order valence-corrected chi connectivity index (χ3v) is 2.79. The number of benzene rings is 1. The van der Waals surface area contributed by atoms with Gasteiger partial charge >= 0.3 is 0 Å². The van der Waals surface area contributed by atoms with E-state index in [4.69, 9.17) is 4.74 Å². The number of hydrogen-bond donors (Lipinski definition) is 2. The molecule has 0 spiro atoms. The van der Waals surface area contributed by atoms with E-state index in [1.807, 2.05) is 6.92 Å². The number of hydrogen-bond acceptors (Lipinski definition) is 4. The van der Waals surface area contributed by atoms with Crippen LogP contribution in [0, 0.1) is 0 Å². The minimum Gasteiger partial charge on any atom is -0.504 e. The summed E-state index contributed by atoms with van der Waals surface area (Å²) in [5.41, 5.74) is 0.710. The number of amides is 1. The van der Waals surface area contributed by atoms with Gasteiger partial charge in [0.15, 0.2) is 11.5 Å². The summed E-state index contributed by atoms with van der Waals surface area (Å²) < 4.78 is 5.02. The number of likely N-dealkylation sites (N-methyl/N-ethyl adjacent to an activating group) is 1. The van der Waals surface area contributed by atoms with Gasteiger partial charge in [0.05, 0.1) is 13.7 Å². The number of para-hydroxylation sites is 1. The van der Waals surface area contributed by atoms with Crippen molar-refractivity contribution in [1.82, 2.24) is 10.2 Å². The number of ether oxygens (including phenoxy) is 1. The molecule has 0 saturated carbocycles. The normalized spacial score (nSPS) is 10.2. The van der Waals surface area contributed by atoms with Gasteiger partial charge in [0.2, 0.25) is 5.91 Å². The van der Waals surface area contributed by atoms with Gasteiger partial charge in [0.25, 0.3) is 0 Å². The Morgan fingerprint density at radius 1 is 1.50 bits per heavy atom. The molecule has 0 bridgehead atoms. The first kappa shape index (κ1) is 14.3. The third kappa shape index (κ3) is 3.63. The molecule has 2 N–H and O–H groups in total. The number of phenolic OH excluding ortho intramolecular Hbond substituents is 1. The number of carbonyl (C=O) groups is 1. The fourth-order valence-corrected chi connectivity index (χ4v) is 1.49. The van der Waals surface area contributed by atoms with Crippen LogP contribution in [0.15, 0.2) is 18.2 Å². The fraction of sp³-hybridized carbons (Fsp3) is 0.462. The maximum absolute atomic E-state index is 11.5. The molecule has 100 valence electrons. The zero-order valence-corrected chi connectivity index (χ0v) is 11.1. The molecule has 0 aliphatic heterocycles. The van der Waals surface area contributed by atoms with Crippen molar-refractivity contribution in [1.29, 1.82) is 0 Å². The Morgan fingerprint density at radius 3 is 2.83 bits per heavy atom. The summed E-state index contributed by atoms with van der Waals surface area (Å²) in [7, 11) is 3.26. The first-order chi connectivity index (χ1) is 8.60. The summed E-state index contributed by atoms with van der Waals surface area (Å²) in [4.78, 5) is 13.2. The molecule has 0 radical (unpaired) electrons. The average molecular weight is 252 g/mol. The second kappa shape index (κ2) is 6.86. The van der Waals surface area contributed by atoms with Gasteiger partial charge in [-0.15, -0.1) is 0 Å². The number of phenols is 1. The molecule has 5 heteroatoms. The Balaban J connectivity index is 2.52. The lowest BCUT2D eigenvalue weighted by Crippen LogP contribution is -2.35. The SMILES string of the molecule is CCN(C)C(=O)CNCc1cccc(OC)c1O. The maximum Gasteiger partial charge on any atom is 0.236 e. The van der Waals surface area contributed by atoms with Crippen LogP contribution in [0.1, 0.15) is 12.5 Å². The quantitative estimate of drug-likeness (QED) is 0.792. The second-order valence-corrected chi connectivity index (χ2v) is 3.98. The lowest BCUT2D eigenvalue weighted by Gasteiger charge is -2.15. The van der Waals surface area contributed by atoms with Gasteiger partial charge in [-0.05, 0) is 13.0 Å². The van der Waals surface area contributed by atoms with E-state index in [-0.39, 0.29) is 18.2 Å². The van der Waals surface area contributed by atoms with E-state index in [9.17, 15) is 9.90 Å². The summed E-state index contributed by atoms with van der Waals surface area (Å²) in [5.74, 6) is 0.579. The van der Waals surface area contributed by atoms with Crippen LogP contribution in [0.25, 0.3) is 0 Å². The highest BCUT2D eigenvalue weighted by Gasteiger charge is 2.09. The highest BCUT2D eigenvalue weighted by molar-refractivity contribution is 5.77. The van der Waals surface area contributed by atoms with Crippen molar-refractivity contribution in [3.63, 3.8) is 0 Å². The molecule has 5 nitrogen and oxygen atoms in total. The van der Waals surface area contributed by atoms with Crippen LogP contribution in [0.3, 0.4) is 0 Å². The van der Waals surface area contributed by atoms with Crippen molar-refractivity contribution in [3.05, 3.63) is 23.8 Å². The molecule has 0 heterocycles. The zero-order valence-electron chi connectivity index (χ0n) is 11.1. The largest absolute Gasteiger partial charge is 0.504 e. The Morgan fingerprint density at radius 2 is 2.22 bits per heavy atom. The van der Waals surface area contributed by atoms with Crippen molar-refractivity contribution in [2.24, 2.45) is 0 Å². The molecular weight excluding hydrogens is 232 g/mol. The molecular formula is C13H20N2O3. The van der Waals surface area contributed by atoms with E-state index in [0.29, 0.717) is 24.4 Å². The second-order valence-electron chi connectivity index (χ2n) is 3.98. The summed E-state index contributed by atoms with van der Waals surface area (Å²) >= 11 is 0. The van der Waals surface area contributed by atoms with Crippen LogP contribution >= 0.6 is 0 Å². The molecule has 1 amide bonds. The molecule has 0 atom stereocenters. The van der Waals surface area contributed by atoms with Gasteiger partial charge in [-0.3, -0.25) is 4.79 Å². The fourth-order valence-electron chi connectivity index (χ4n) is 1.49. The van der Waals surface area contributed by atoms with E-state index in [2.05, 4.69) is 5.32 Å². The number of nitrogens with zero attached hydrogens (tertiary/aromatic N) is 1. The summed E-state index contributed by atoms with van der Waals surface area (Å²) in [6.45, 7) is 3.28. The Kier molecular flexibility index (Phi) is 5.45. The monoisotopic (exact) mass is 252 g/mol. The molecule has 18 heavy (non-hydrogen) atoms. The minimum atomic E-state index is 0.0277. The van der Waals surface area contributed by atoms with Crippen LogP contribution in [0.2, 0.25) is 0 Å². The summed E-state index contributed by atoms with van der Waals surface area (Å²) in [5, 5.41) is 12.9. The van der Waals surface area contributed by atoms with Crippen molar-refractivity contribution >= 4 is 5.91 Å². The number of methoxy groups -OCH3 is 1. The molecule has 0 aliphatic carbocycles. The minimum absolute atomic E-state index is 0.0277. The van der Waals surface area contributed by atoms with Crippen molar-refractivity contribution in [2.45, 2.75) is 13.5 Å². The predicted octanol–water partition coefficient (Wildman–Crippen LogP) is 0.969. The summed E-state index contributed by atoms with van der Waals surface area (Å²) in [6.07, 6.45) is 0. The Bertz CT molecular complexity index is 407. The number of aromatic hydroxyl groups is 1. The first-order valence-corrected chi connectivity index (χ1v) is 5.89. The average Bonchev–Trinajstić information content (AvgIpc) is 2.39. The molecule has 0 saturated heterocycles. The van der Waals surface area contributed by atoms with E-state index >= 15 is 0 Å². The van der Waals surface area contributed by atoms with Crippen molar-refractivity contribution in [2.75, 3.05) is 27.2 Å². The zero-order chi connectivity index (χ0) is 13.5. The molecule has 0 unspecified atom stereocenters. The van der Waals surface area contributed by atoms with Crippen molar-refractivity contribution < 1.29 is 14.6 Å². The first-order valence-electron chi connectivity index (χ1n) is 5.89. The summed E-state index contributed by atoms with van der Waals surface area (Å²) in [6, 6.07) is 5.28. The van der Waals surface area contributed by atoms with Gasteiger partial charge in [-0.25, -0.2) is 0 Å². The van der Waals surface area contributed by atoms with E-state index in [0.717, 1.165) is 0 Å². The van der Waals surface area contributed by atoms with E-state index in [1.165, 1.54) is 7.11 Å². The number of carbonyl (C=O) groups excluding carboxylic acids is 1. The molecule has 0 aromatic heterocycles. The Labute approximate surface area is 107 Å². The number of rotatable bonds is 6. The highest BCUT2D eigenvalue weighted by atomic mass is 16.5. The van der Waals surface area contributed by atoms with Crippen molar-refractivity contribution in [3.8, 4) is 11.5 Å². The van der Waals surface area contributed by atoms with Crippen LogP contribution in [-0.4, -0.2) is 43.2 Å². The molecule has 1 aromatic carbocycles. The van der Waals surface area contributed by atoms with Crippen LogP contribution < -0.4 is 10.1 Å². The maximum atomic E-state index is 11.5. The van der Waals surface area contributed by atoms with Gasteiger partial charge in [-0.1, -0.05) is 12.1 Å². The third-order valence-electron chi connectivity index (χ3n) is 2.79. The predicted molar refractivity (Wildman–Crippen MR) is 69.7 cm³/mol. The van der Waals surface area contributed by atoms with Crippen LogP contribution in [0.5, 0.6) is 11.5 Å². The molecule has 0 fully saturated rings. The lowest BCUT2D eigenvalue weighted by atomic mass is 10.2. The molecule has 1 rings (SSSR count). The molecule has 0 aliphatic rings. The highest BCUT2D eigenvalue weighted by Crippen LogP contribution is 2.28. The van der Waals surface area contributed by atoms with Crippen LogP contribution in [0.4, 0.5) is 0 Å². The smallest absolute Gasteiger partial charge is 0.236 e. The lowest BCUT2D eigenvalue weighted by molar-refractivity contribution is -0.128. The van der Waals surface area contributed by atoms with Gasteiger partial charge in [0.1, 0.15) is 0 Å². The van der Waals surface area contributed by atoms with Gasteiger partial charge in [-0.2, -0.15) is 0 Å². The van der Waals surface area contributed by atoms with E-state index < -0.39 is 0 Å². The van der Waals surface area contributed by atoms with Gasteiger partial charge in [0, 0.05) is 25.7 Å². The number of nitrogens with one attached hydrogen (secondary N) is 1. The van der Waals surface area contributed by atoms with Crippen LogP contribution in [-0.2, 0) is 11.3 Å². The standard InChI is InChI=1S/C13H20N2O3/c1-4-15(2)12(16)9-14-8-10-6-5-7-11(18-3)13(10)17/h5-7,14,17H,4,8-9H2,1-3H3. The molecule has 1 aromatic rings. The Hall–Kier alpha value is -1.75. The van der Waals surface area contributed by atoms with E-state index in [1.54, 1.807) is 30.1 Å².